The van der Waals surface area contributed by atoms with Crippen molar-refractivity contribution >= 4 is 23.9 Å². The Morgan fingerprint density at radius 1 is 0.800 bits per heavy atom. The van der Waals surface area contributed by atoms with Crippen molar-refractivity contribution in [3.8, 4) is 0 Å². The maximum absolute atomic E-state index is 12.5. The van der Waals surface area contributed by atoms with Gasteiger partial charge in [-0.15, -0.1) is 5.10 Å². The van der Waals surface area contributed by atoms with Crippen molar-refractivity contribution in [3.63, 3.8) is 0 Å². The maximum Gasteiger partial charge on any atom is 0.327 e. The van der Waals surface area contributed by atoms with Gasteiger partial charge < -0.3 is 14.3 Å². The molecule has 2 aliphatic heterocycles. The number of likely N-dealkylation sites (N-methyl/N-ethyl adjacent to an activating group) is 2. The molecule has 0 N–H and O–H groups in total. The number of amides is 6. The molecule has 2 aliphatic rings. The highest BCUT2D eigenvalue weighted by atomic mass is 16.2. The summed E-state index contributed by atoms with van der Waals surface area (Å²) in [6.45, 7) is 9.69. The van der Waals surface area contributed by atoms with Crippen LogP contribution >= 0.6 is 0 Å². The van der Waals surface area contributed by atoms with Crippen LogP contribution in [0, 0.1) is 0 Å². The molecule has 0 radical (unpaired) electrons. The number of nitrogens with zero attached hydrogens (tertiary/aromatic N) is 8. The molecule has 3 heterocycles. The predicted octanol–water partition coefficient (Wildman–Crippen LogP) is 0.980. The van der Waals surface area contributed by atoms with Crippen LogP contribution in [0.3, 0.4) is 0 Å². The van der Waals surface area contributed by atoms with E-state index < -0.39 is 11.1 Å². The number of hydrogen-bond donors (Lipinski definition) is 0. The highest BCUT2D eigenvalue weighted by molar-refractivity contribution is 6.06. The zero-order valence-corrected chi connectivity index (χ0v) is 22.2. The van der Waals surface area contributed by atoms with E-state index in [1.54, 1.807) is 46.5 Å². The first-order valence-corrected chi connectivity index (χ1v) is 12.0. The first-order valence-electron chi connectivity index (χ1n) is 12.0. The van der Waals surface area contributed by atoms with Gasteiger partial charge in [0.15, 0.2) is 0 Å². The van der Waals surface area contributed by atoms with E-state index in [9.17, 15) is 19.2 Å². The van der Waals surface area contributed by atoms with Crippen LogP contribution in [0.2, 0.25) is 0 Å². The monoisotopic (exact) mass is 491 g/mol. The normalized spacial score (nSPS) is 20.1. The Labute approximate surface area is 207 Å². The third-order valence-electron chi connectivity index (χ3n) is 7.34. The summed E-state index contributed by atoms with van der Waals surface area (Å²) in [6.07, 6.45) is 3.16. The molecular formula is C23H39N8O4+. The van der Waals surface area contributed by atoms with Crippen molar-refractivity contribution in [2.24, 2.45) is 0 Å². The average molecular weight is 492 g/mol. The van der Waals surface area contributed by atoms with Crippen LogP contribution in [-0.2, 0) is 22.7 Å². The van der Waals surface area contributed by atoms with Crippen LogP contribution in [0.5, 0.6) is 0 Å². The maximum atomic E-state index is 12.5. The summed E-state index contributed by atoms with van der Waals surface area (Å²) in [5, 5.41) is 8.46. The summed E-state index contributed by atoms with van der Waals surface area (Å²) < 4.78 is 2.36. The van der Waals surface area contributed by atoms with Gasteiger partial charge in [0, 0.05) is 40.2 Å². The molecule has 12 nitrogen and oxygen atoms in total. The Morgan fingerprint density at radius 2 is 1.29 bits per heavy atom. The van der Waals surface area contributed by atoms with Crippen LogP contribution in [0.1, 0.15) is 46.2 Å². The second-order valence-corrected chi connectivity index (χ2v) is 11.2. The van der Waals surface area contributed by atoms with Crippen molar-refractivity contribution < 1.29 is 23.7 Å². The molecular weight excluding hydrogens is 452 g/mol. The van der Waals surface area contributed by atoms with Gasteiger partial charge in [0.05, 0.1) is 26.8 Å². The Morgan fingerprint density at radius 3 is 1.74 bits per heavy atom. The second kappa shape index (κ2) is 9.21. The van der Waals surface area contributed by atoms with Gasteiger partial charge in [-0.05, 0) is 34.1 Å². The van der Waals surface area contributed by atoms with Gasteiger partial charge in [-0.3, -0.25) is 24.1 Å². The summed E-state index contributed by atoms with van der Waals surface area (Å²) in [5.74, 6) is -0.346. The van der Waals surface area contributed by atoms with E-state index in [0.717, 1.165) is 12.2 Å². The largest absolute Gasteiger partial charge is 0.327 e. The molecule has 2 fully saturated rings. The van der Waals surface area contributed by atoms with Crippen molar-refractivity contribution in [1.82, 2.24) is 34.6 Å². The molecule has 12 heteroatoms. The standard InChI is InChI=1S/C23H39N8O4/c1-22(2)18(32)29(20(34)26(22)5)12-9-11-28-15-17(24-25-28)16-31(7,8)14-10-13-30-19(33)23(3,4)27(6)21(30)35/h15H,9-14,16H2,1-8H3/q+1. The molecule has 6 amide bonds. The fourth-order valence-electron chi connectivity index (χ4n) is 4.44. The number of aryl methyl sites for hydroxylation is 1. The van der Waals surface area contributed by atoms with Crippen molar-refractivity contribution in [2.75, 3.05) is 47.8 Å². The van der Waals surface area contributed by atoms with Crippen molar-refractivity contribution in [3.05, 3.63) is 11.9 Å². The van der Waals surface area contributed by atoms with Gasteiger partial charge in [-0.1, -0.05) is 5.21 Å². The van der Waals surface area contributed by atoms with Gasteiger partial charge in [0.2, 0.25) is 0 Å². The van der Waals surface area contributed by atoms with E-state index in [-0.39, 0.29) is 23.9 Å². The minimum absolute atomic E-state index is 0.161. The van der Waals surface area contributed by atoms with Crippen LogP contribution in [0.4, 0.5) is 9.59 Å². The Kier molecular flexibility index (Phi) is 7.00. The van der Waals surface area contributed by atoms with Gasteiger partial charge in [0.25, 0.3) is 11.8 Å². The molecule has 0 spiro atoms. The lowest BCUT2D eigenvalue weighted by Gasteiger charge is -2.29. The summed E-state index contributed by atoms with van der Waals surface area (Å²) >= 11 is 0. The molecule has 35 heavy (non-hydrogen) atoms. The lowest BCUT2D eigenvalue weighted by molar-refractivity contribution is -0.904. The molecule has 0 aromatic carbocycles. The van der Waals surface area contributed by atoms with E-state index >= 15 is 0 Å². The SMILES string of the molecule is CN1C(=O)N(CCCn2cc(C[N+](C)(C)CCCN3C(=O)N(C)C(C)(C)C3=O)nn2)C(=O)C1(C)C. The Hall–Kier alpha value is -3.02. The number of carbonyl (C=O) groups excluding carboxylic acids is 4. The van der Waals surface area contributed by atoms with E-state index in [4.69, 9.17) is 0 Å². The molecule has 0 unspecified atom stereocenters. The van der Waals surface area contributed by atoms with Crippen LogP contribution in [0.15, 0.2) is 6.20 Å². The molecule has 0 bridgehead atoms. The fraction of sp³-hybridized carbons (Fsp3) is 0.739. The number of quaternary nitrogens is 1. The van der Waals surface area contributed by atoms with Gasteiger partial charge in [-0.25, -0.2) is 9.59 Å². The minimum atomic E-state index is -0.817. The first kappa shape index (κ1) is 26.6. The summed E-state index contributed by atoms with van der Waals surface area (Å²) in [7, 11) is 7.45. The zero-order chi connectivity index (χ0) is 26.3. The number of imide groups is 2. The molecule has 0 aliphatic carbocycles. The smallest absolute Gasteiger partial charge is 0.323 e. The minimum Gasteiger partial charge on any atom is -0.323 e. The van der Waals surface area contributed by atoms with Gasteiger partial charge >= 0.3 is 12.1 Å². The van der Waals surface area contributed by atoms with E-state index in [1.807, 2.05) is 6.20 Å². The van der Waals surface area contributed by atoms with Crippen molar-refractivity contribution in [2.45, 2.75) is 64.7 Å². The second-order valence-electron chi connectivity index (χ2n) is 11.2. The van der Waals surface area contributed by atoms with E-state index in [0.29, 0.717) is 43.5 Å². The number of hydrogen-bond acceptors (Lipinski definition) is 6. The van der Waals surface area contributed by atoms with E-state index in [1.165, 1.54) is 19.6 Å². The number of urea groups is 2. The summed E-state index contributed by atoms with van der Waals surface area (Å²) in [6, 6.07) is -0.522. The molecule has 0 saturated carbocycles. The predicted molar refractivity (Wildman–Crippen MR) is 128 cm³/mol. The lowest BCUT2D eigenvalue weighted by atomic mass is 10.1. The topological polar surface area (TPSA) is 112 Å². The number of rotatable bonds is 10. The lowest BCUT2D eigenvalue weighted by Crippen LogP contribution is -2.43. The molecule has 2 saturated heterocycles. The van der Waals surface area contributed by atoms with Crippen LogP contribution in [0.25, 0.3) is 0 Å². The highest BCUT2D eigenvalue weighted by Crippen LogP contribution is 2.27. The molecule has 1 aromatic heterocycles. The molecule has 194 valence electrons. The quantitative estimate of drug-likeness (QED) is 0.356. The third kappa shape index (κ3) is 5.02. The number of carbonyl (C=O) groups is 4. The molecule has 0 atom stereocenters. The average Bonchev–Trinajstić information content (AvgIpc) is 3.31. The zero-order valence-electron chi connectivity index (χ0n) is 22.2. The Bertz CT molecular complexity index is 1010. The first-order chi connectivity index (χ1) is 16.1. The van der Waals surface area contributed by atoms with E-state index in [2.05, 4.69) is 24.4 Å². The third-order valence-corrected chi connectivity index (χ3v) is 7.34. The van der Waals surface area contributed by atoms with Crippen molar-refractivity contribution in [1.29, 1.82) is 0 Å². The van der Waals surface area contributed by atoms with Crippen LogP contribution in [-0.4, -0.2) is 122 Å². The summed E-state index contributed by atoms with van der Waals surface area (Å²) in [4.78, 5) is 55.4. The number of aromatic nitrogens is 3. The highest BCUT2D eigenvalue weighted by Gasteiger charge is 2.49. The molecule has 3 rings (SSSR count). The van der Waals surface area contributed by atoms with Gasteiger partial charge in [0.1, 0.15) is 23.3 Å². The van der Waals surface area contributed by atoms with Gasteiger partial charge in [-0.2, -0.15) is 0 Å². The summed E-state index contributed by atoms with van der Waals surface area (Å²) in [5.41, 5.74) is -0.789. The fourth-order valence-corrected chi connectivity index (χ4v) is 4.44. The molecule has 1 aromatic rings. The Balaban J connectivity index is 1.46. The van der Waals surface area contributed by atoms with Crippen LogP contribution < -0.4 is 0 Å².